The first-order valence-corrected chi connectivity index (χ1v) is 9.19. The van der Waals surface area contributed by atoms with E-state index in [4.69, 9.17) is 21.1 Å². The number of hydrogen-bond donors (Lipinski definition) is 1. The maximum Gasteiger partial charge on any atom is 0.162 e. The Morgan fingerprint density at radius 3 is 2.09 bits per heavy atom. The molecule has 0 unspecified atom stereocenters. The first kappa shape index (κ1) is 15.6. The second kappa shape index (κ2) is 6.18. The van der Waals surface area contributed by atoms with E-state index >= 15 is 0 Å². The summed E-state index contributed by atoms with van der Waals surface area (Å²) in [5.41, 5.74) is 1.10. The summed E-state index contributed by atoms with van der Waals surface area (Å²) in [4.78, 5) is 0. The van der Waals surface area contributed by atoms with E-state index in [1.807, 2.05) is 12.1 Å². The van der Waals surface area contributed by atoms with Crippen LogP contribution in [0.15, 0.2) is 12.1 Å². The summed E-state index contributed by atoms with van der Waals surface area (Å²) < 4.78 is 10.7. The lowest BCUT2D eigenvalue weighted by molar-refractivity contribution is -0.0142. The molecule has 1 N–H and O–H groups in total. The van der Waals surface area contributed by atoms with E-state index in [0.717, 1.165) is 46.6 Å². The van der Waals surface area contributed by atoms with Crippen LogP contribution in [0.3, 0.4) is 0 Å². The third-order valence-corrected chi connectivity index (χ3v) is 6.66. The predicted octanol–water partition coefficient (Wildman–Crippen LogP) is 4.27. The fourth-order valence-electron chi connectivity index (χ4n) is 5.52. The van der Waals surface area contributed by atoms with E-state index in [1.54, 1.807) is 14.2 Å². The van der Waals surface area contributed by atoms with Crippen LogP contribution in [-0.4, -0.2) is 20.3 Å². The first-order chi connectivity index (χ1) is 11.2. The maximum atomic E-state index is 6.43. The van der Waals surface area contributed by atoms with Gasteiger partial charge in [0, 0.05) is 23.7 Å². The van der Waals surface area contributed by atoms with Crippen LogP contribution in [0, 0.1) is 23.7 Å². The molecule has 4 aliphatic rings. The highest BCUT2D eigenvalue weighted by Gasteiger charge is 2.47. The quantitative estimate of drug-likeness (QED) is 0.871. The van der Waals surface area contributed by atoms with Crippen molar-refractivity contribution in [3.63, 3.8) is 0 Å². The molecule has 4 aliphatic carbocycles. The molecule has 3 nitrogen and oxygen atoms in total. The van der Waals surface area contributed by atoms with E-state index in [9.17, 15) is 0 Å². The van der Waals surface area contributed by atoms with Crippen LogP contribution in [0.25, 0.3) is 0 Å². The SMILES string of the molecule is COc1cc(Cl)c(CNC2C3CC4CC(C3)CC2C4)cc1OC. The van der Waals surface area contributed by atoms with Crippen LogP contribution in [0.4, 0.5) is 0 Å². The highest BCUT2D eigenvalue weighted by atomic mass is 35.5. The molecule has 4 fully saturated rings. The summed E-state index contributed by atoms with van der Waals surface area (Å²) in [7, 11) is 3.31. The average molecular weight is 336 g/mol. The van der Waals surface area contributed by atoms with Crippen molar-refractivity contribution in [3.05, 3.63) is 22.7 Å². The molecule has 4 saturated carbocycles. The van der Waals surface area contributed by atoms with Crippen molar-refractivity contribution in [2.75, 3.05) is 14.2 Å². The van der Waals surface area contributed by atoms with Crippen LogP contribution in [0.2, 0.25) is 5.02 Å². The van der Waals surface area contributed by atoms with Gasteiger partial charge in [-0.15, -0.1) is 0 Å². The van der Waals surface area contributed by atoms with Crippen LogP contribution in [0.1, 0.15) is 37.7 Å². The van der Waals surface area contributed by atoms with Crippen molar-refractivity contribution >= 4 is 11.6 Å². The Labute approximate surface area is 143 Å². The van der Waals surface area contributed by atoms with Crippen LogP contribution >= 0.6 is 11.6 Å². The summed E-state index contributed by atoms with van der Waals surface area (Å²) >= 11 is 6.43. The molecule has 1 aromatic rings. The largest absolute Gasteiger partial charge is 0.493 e. The minimum Gasteiger partial charge on any atom is -0.493 e. The molecule has 5 rings (SSSR count). The van der Waals surface area contributed by atoms with Gasteiger partial charge in [0.25, 0.3) is 0 Å². The molecule has 0 heterocycles. The number of halogens is 1. The zero-order valence-corrected chi connectivity index (χ0v) is 14.7. The Balaban J connectivity index is 1.47. The van der Waals surface area contributed by atoms with Gasteiger partial charge in [0.05, 0.1) is 14.2 Å². The van der Waals surface area contributed by atoms with E-state index in [-0.39, 0.29) is 0 Å². The molecule has 0 saturated heterocycles. The molecule has 23 heavy (non-hydrogen) atoms. The number of benzene rings is 1. The first-order valence-electron chi connectivity index (χ1n) is 8.81. The minimum atomic E-state index is 0.673. The summed E-state index contributed by atoms with van der Waals surface area (Å²) in [6.45, 7) is 0.812. The maximum absolute atomic E-state index is 6.43. The standard InChI is InChI=1S/C19H26ClNO2/c1-22-17-8-15(16(20)9-18(17)23-2)10-21-19-13-4-11-3-12(6-13)7-14(19)5-11/h8-9,11-14,19,21H,3-7,10H2,1-2H3. The van der Waals surface area contributed by atoms with Crippen molar-refractivity contribution < 1.29 is 9.47 Å². The van der Waals surface area contributed by atoms with Gasteiger partial charge >= 0.3 is 0 Å². The molecule has 0 amide bonds. The second-order valence-electron chi connectivity index (χ2n) is 7.64. The molecule has 0 spiro atoms. The molecular weight excluding hydrogens is 310 g/mol. The third-order valence-electron chi connectivity index (χ3n) is 6.31. The number of methoxy groups -OCH3 is 2. The summed E-state index contributed by atoms with van der Waals surface area (Å²) in [6.07, 6.45) is 7.24. The van der Waals surface area contributed by atoms with Gasteiger partial charge < -0.3 is 14.8 Å². The van der Waals surface area contributed by atoms with Gasteiger partial charge in [-0.2, -0.15) is 0 Å². The van der Waals surface area contributed by atoms with Gasteiger partial charge in [-0.1, -0.05) is 11.6 Å². The van der Waals surface area contributed by atoms with Gasteiger partial charge in [0.1, 0.15) is 0 Å². The van der Waals surface area contributed by atoms with Crippen molar-refractivity contribution in [3.8, 4) is 11.5 Å². The monoisotopic (exact) mass is 335 g/mol. The van der Waals surface area contributed by atoms with Crippen molar-refractivity contribution in [1.82, 2.24) is 5.32 Å². The number of ether oxygens (including phenoxy) is 2. The van der Waals surface area contributed by atoms with Crippen LogP contribution in [-0.2, 0) is 6.54 Å². The smallest absolute Gasteiger partial charge is 0.162 e. The van der Waals surface area contributed by atoms with E-state index < -0.39 is 0 Å². The molecule has 1 aromatic carbocycles. The lowest BCUT2D eigenvalue weighted by atomic mass is 9.54. The van der Waals surface area contributed by atoms with Gasteiger partial charge in [0.15, 0.2) is 11.5 Å². The Kier molecular flexibility index (Phi) is 4.19. The van der Waals surface area contributed by atoms with Gasteiger partial charge in [-0.25, -0.2) is 0 Å². The van der Waals surface area contributed by atoms with Gasteiger partial charge in [0.2, 0.25) is 0 Å². The highest BCUT2D eigenvalue weighted by molar-refractivity contribution is 6.31. The van der Waals surface area contributed by atoms with Crippen molar-refractivity contribution in [1.29, 1.82) is 0 Å². The van der Waals surface area contributed by atoms with Crippen LogP contribution in [0.5, 0.6) is 11.5 Å². The fraction of sp³-hybridized carbons (Fsp3) is 0.684. The lowest BCUT2D eigenvalue weighted by Gasteiger charge is -2.54. The summed E-state index contributed by atoms with van der Waals surface area (Å²) in [5, 5.41) is 4.58. The van der Waals surface area contributed by atoms with E-state index in [0.29, 0.717) is 11.8 Å². The Morgan fingerprint density at radius 2 is 1.52 bits per heavy atom. The fourth-order valence-corrected chi connectivity index (χ4v) is 5.74. The molecule has 0 radical (unpaired) electrons. The Hall–Kier alpha value is -0.930. The number of hydrogen-bond acceptors (Lipinski definition) is 3. The van der Waals surface area contributed by atoms with E-state index in [2.05, 4.69) is 5.32 Å². The molecule has 4 bridgehead atoms. The Morgan fingerprint density at radius 1 is 0.957 bits per heavy atom. The molecule has 0 aliphatic heterocycles. The molecule has 0 aromatic heterocycles. The lowest BCUT2D eigenvalue weighted by Crippen LogP contribution is -2.54. The van der Waals surface area contributed by atoms with E-state index in [1.165, 1.54) is 32.1 Å². The van der Waals surface area contributed by atoms with Crippen LogP contribution < -0.4 is 14.8 Å². The zero-order chi connectivity index (χ0) is 16.0. The summed E-state index contributed by atoms with van der Waals surface area (Å²) in [6, 6.07) is 4.53. The highest BCUT2D eigenvalue weighted by Crippen LogP contribution is 2.53. The van der Waals surface area contributed by atoms with Crippen molar-refractivity contribution in [2.45, 2.75) is 44.7 Å². The third kappa shape index (κ3) is 2.83. The topological polar surface area (TPSA) is 30.5 Å². The normalized spacial score (nSPS) is 34.7. The Bertz CT molecular complexity index is 561. The predicted molar refractivity (Wildman–Crippen MR) is 92.2 cm³/mol. The molecule has 4 heteroatoms. The van der Waals surface area contributed by atoms with Crippen molar-refractivity contribution in [2.24, 2.45) is 23.7 Å². The minimum absolute atomic E-state index is 0.673. The molecule has 126 valence electrons. The van der Waals surface area contributed by atoms with Gasteiger partial charge in [-0.05, 0) is 67.4 Å². The molecular formula is C19H26ClNO2. The zero-order valence-electron chi connectivity index (χ0n) is 14.0. The summed E-state index contributed by atoms with van der Waals surface area (Å²) in [5.74, 6) is 5.23. The van der Waals surface area contributed by atoms with Gasteiger partial charge in [-0.3, -0.25) is 0 Å². The number of nitrogens with one attached hydrogen (secondary N) is 1. The molecule has 0 atom stereocenters. The number of rotatable bonds is 5. The average Bonchev–Trinajstić information content (AvgIpc) is 2.54. The second-order valence-corrected chi connectivity index (χ2v) is 8.04.